The smallest absolute Gasteiger partial charge is 0.396 e. The summed E-state index contributed by atoms with van der Waals surface area (Å²) in [6.45, 7) is 1.91. The van der Waals surface area contributed by atoms with E-state index in [-0.39, 0.29) is 0 Å². The summed E-state index contributed by atoms with van der Waals surface area (Å²) in [7, 11) is 1.59. The van der Waals surface area contributed by atoms with Crippen LogP contribution in [0.4, 0.5) is 0 Å². The molecule has 0 bridgehead atoms. The van der Waals surface area contributed by atoms with E-state index in [0.717, 1.165) is 22.5 Å². The minimum atomic E-state index is -0.459. The Bertz CT molecular complexity index is 1220. The molecule has 0 aliphatic rings. The van der Waals surface area contributed by atoms with Gasteiger partial charge in [0.2, 0.25) is 0 Å². The van der Waals surface area contributed by atoms with E-state index in [0.29, 0.717) is 32.9 Å². The average molecular weight is 392 g/mol. The quantitative estimate of drug-likeness (QED) is 0.359. The predicted molar refractivity (Wildman–Crippen MR) is 108 cm³/mol. The molecule has 0 N–H and O–H groups in total. The lowest BCUT2D eigenvalue weighted by molar-refractivity contribution is 0.0735. The van der Waals surface area contributed by atoms with Crippen LogP contribution in [0.25, 0.3) is 21.4 Å². The predicted octanol–water partition coefficient (Wildman–Crippen LogP) is 5.06. The topological polar surface area (TPSA) is 65.7 Å². The second kappa shape index (κ2) is 7.32. The van der Waals surface area contributed by atoms with Crippen LogP contribution in [0.15, 0.2) is 69.9 Å². The van der Waals surface area contributed by atoms with Crippen LogP contribution in [-0.4, -0.2) is 13.1 Å². The molecule has 5 nitrogen and oxygen atoms in total. The normalized spacial score (nSPS) is 10.8. The molecule has 4 rings (SSSR count). The molecule has 0 radical (unpaired) electrons. The van der Waals surface area contributed by atoms with E-state index in [1.807, 2.05) is 37.3 Å². The number of esters is 1. The minimum absolute atomic E-state index is 0.349. The molecule has 0 fully saturated rings. The van der Waals surface area contributed by atoms with Gasteiger partial charge >= 0.3 is 10.9 Å². The summed E-state index contributed by atoms with van der Waals surface area (Å²) in [5.41, 5.74) is 3.39. The lowest BCUT2D eigenvalue weighted by atomic mass is 10.0. The van der Waals surface area contributed by atoms with Crippen LogP contribution in [0, 0.1) is 6.92 Å². The van der Waals surface area contributed by atoms with Crippen LogP contribution in [0.3, 0.4) is 0 Å². The van der Waals surface area contributed by atoms with Crippen molar-refractivity contribution in [2.45, 2.75) is 6.92 Å². The van der Waals surface area contributed by atoms with Crippen molar-refractivity contribution in [2.75, 3.05) is 7.11 Å². The fourth-order valence-corrected chi connectivity index (χ4v) is 3.66. The van der Waals surface area contributed by atoms with E-state index >= 15 is 0 Å². The molecule has 0 unspecified atom stereocenters. The van der Waals surface area contributed by atoms with Gasteiger partial charge < -0.3 is 13.9 Å². The van der Waals surface area contributed by atoms with Crippen LogP contribution < -0.4 is 14.4 Å². The molecular formula is C22H16O5S. The second-order valence-corrected chi connectivity index (χ2v) is 7.22. The van der Waals surface area contributed by atoms with E-state index in [1.54, 1.807) is 37.4 Å². The largest absolute Gasteiger partial charge is 0.497 e. The molecule has 0 aliphatic heterocycles. The van der Waals surface area contributed by atoms with Crippen molar-refractivity contribution in [1.82, 2.24) is 0 Å². The zero-order chi connectivity index (χ0) is 19.7. The van der Waals surface area contributed by atoms with Gasteiger partial charge in [0.05, 0.1) is 17.4 Å². The first-order chi connectivity index (χ1) is 13.5. The monoisotopic (exact) mass is 392 g/mol. The molecule has 0 saturated carbocycles. The Morgan fingerprint density at radius 2 is 1.79 bits per heavy atom. The van der Waals surface area contributed by atoms with Crippen molar-refractivity contribution in [2.24, 2.45) is 0 Å². The Kier molecular flexibility index (Phi) is 4.71. The zero-order valence-electron chi connectivity index (χ0n) is 15.2. The van der Waals surface area contributed by atoms with Gasteiger partial charge in [-0.05, 0) is 42.8 Å². The van der Waals surface area contributed by atoms with Crippen molar-refractivity contribution < 1.29 is 18.7 Å². The number of rotatable bonds is 4. The molecule has 0 spiro atoms. The van der Waals surface area contributed by atoms with Crippen molar-refractivity contribution in [3.8, 4) is 22.6 Å². The SMILES string of the molecule is COc1ccc(-c2cc(OC(=O)c3cccc(C)c3)cc3sc(=O)oc23)cc1. The average Bonchev–Trinajstić information content (AvgIpc) is 3.07. The minimum Gasteiger partial charge on any atom is -0.497 e. The van der Waals surface area contributed by atoms with Gasteiger partial charge in [-0.25, -0.2) is 9.59 Å². The van der Waals surface area contributed by atoms with E-state index in [1.165, 1.54) is 0 Å². The summed E-state index contributed by atoms with van der Waals surface area (Å²) >= 11 is 0.970. The molecule has 1 heterocycles. The molecule has 4 aromatic rings. The van der Waals surface area contributed by atoms with Gasteiger partial charge in [-0.15, -0.1) is 0 Å². The van der Waals surface area contributed by atoms with Gasteiger partial charge in [-0.3, -0.25) is 0 Å². The van der Waals surface area contributed by atoms with Crippen LogP contribution in [0.1, 0.15) is 15.9 Å². The molecule has 0 atom stereocenters. The van der Waals surface area contributed by atoms with Gasteiger partial charge in [0.15, 0.2) is 5.58 Å². The van der Waals surface area contributed by atoms with Gasteiger partial charge in [0.1, 0.15) is 11.5 Å². The Morgan fingerprint density at radius 3 is 2.50 bits per heavy atom. The highest BCUT2D eigenvalue weighted by atomic mass is 32.1. The van der Waals surface area contributed by atoms with Crippen LogP contribution in [0.2, 0.25) is 0 Å². The lowest BCUT2D eigenvalue weighted by Gasteiger charge is -2.09. The second-order valence-electron chi connectivity index (χ2n) is 6.24. The molecule has 0 saturated heterocycles. The highest BCUT2D eigenvalue weighted by molar-refractivity contribution is 7.16. The van der Waals surface area contributed by atoms with E-state index in [4.69, 9.17) is 13.9 Å². The maximum absolute atomic E-state index is 12.5. The lowest BCUT2D eigenvalue weighted by Crippen LogP contribution is -2.08. The first-order valence-corrected chi connectivity index (χ1v) is 9.36. The molecule has 0 amide bonds. The Hall–Kier alpha value is -3.38. The fourth-order valence-electron chi connectivity index (χ4n) is 2.93. The number of carbonyl (C=O) groups excluding carboxylic acids is 1. The van der Waals surface area contributed by atoms with Crippen LogP contribution in [0.5, 0.6) is 11.5 Å². The molecule has 6 heteroatoms. The molecule has 3 aromatic carbocycles. The third kappa shape index (κ3) is 3.54. The van der Waals surface area contributed by atoms with Crippen molar-refractivity contribution in [1.29, 1.82) is 0 Å². The Balaban J connectivity index is 1.77. The fraction of sp³-hybridized carbons (Fsp3) is 0.0909. The van der Waals surface area contributed by atoms with E-state index in [2.05, 4.69) is 0 Å². The highest BCUT2D eigenvalue weighted by Gasteiger charge is 2.16. The number of carbonyl (C=O) groups is 1. The molecule has 140 valence electrons. The maximum Gasteiger partial charge on any atom is 0.396 e. The first-order valence-electron chi connectivity index (χ1n) is 8.54. The third-order valence-electron chi connectivity index (χ3n) is 4.27. The molecule has 0 aliphatic carbocycles. The number of ether oxygens (including phenoxy) is 2. The van der Waals surface area contributed by atoms with Crippen molar-refractivity contribution in [3.05, 3.63) is 81.5 Å². The van der Waals surface area contributed by atoms with Crippen molar-refractivity contribution in [3.63, 3.8) is 0 Å². The first kappa shape index (κ1) is 18.0. The number of fused-ring (bicyclic) bond motifs is 1. The van der Waals surface area contributed by atoms with Gasteiger partial charge in [0.25, 0.3) is 0 Å². The van der Waals surface area contributed by atoms with E-state index < -0.39 is 10.9 Å². The summed E-state index contributed by atoms with van der Waals surface area (Å²) in [6, 6.07) is 17.9. The maximum atomic E-state index is 12.5. The number of aryl methyl sites for hydroxylation is 1. The summed E-state index contributed by atoms with van der Waals surface area (Å²) in [6.07, 6.45) is 0. The standard InChI is InChI=1S/C22H16O5S/c1-13-4-3-5-15(10-13)21(23)26-17-11-18(14-6-8-16(25-2)9-7-14)20-19(12-17)28-22(24)27-20/h3-12H,1-2H3. The number of methoxy groups -OCH3 is 1. The summed E-state index contributed by atoms with van der Waals surface area (Å²) < 4.78 is 16.7. The Labute approximate surface area is 164 Å². The van der Waals surface area contributed by atoms with E-state index in [9.17, 15) is 9.59 Å². The number of hydrogen-bond donors (Lipinski definition) is 0. The van der Waals surface area contributed by atoms with Crippen LogP contribution >= 0.6 is 11.3 Å². The van der Waals surface area contributed by atoms with Crippen LogP contribution in [-0.2, 0) is 0 Å². The number of benzene rings is 3. The summed E-state index contributed by atoms with van der Waals surface area (Å²) in [4.78, 5) is 23.9. The van der Waals surface area contributed by atoms with Gasteiger partial charge in [-0.2, -0.15) is 0 Å². The summed E-state index contributed by atoms with van der Waals surface area (Å²) in [5, 5.41) is 0. The third-order valence-corrected chi connectivity index (χ3v) is 5.05. The van der Waals surface area contributed by atoms with Gasteiger partial charge in [-0.1, -0.05) is 41.2 Å². The molecule has 28 heavy (non-hydrogen) atoms. The molecular weight excluding hydrogens is 376 g/mol. The zero-order valence-corrected chi connectivity index (χ0v) is 16.0. The molecule has 1 aromatic heterocycles. The Morgan fingerprint density at radius 1 is 1.00 bits per heavy atom. The number of hydrogen-bond acceptors (Lipinski definition) is 6. The summed E-state index contributed by atoms with van der Waals surface area (Å²) in [5.74, 6) is 0.607. The van der Waals surface area contributed by atoms with Gasteiger partial charge in [0, 0.05) is 11.6 Å². The highest BCUT2D eigenvalue weighted by Crippen LogP contribution is 2.35. The van der Waals surface area contributed by atoms with Crippen molar-refractivity contribution >= 4 is 27.6 Å².